The lowest BCUT2D eigenvalue weighted by Crippen LogP contribution is -2.32. The monoisotopic (exact) mass is 815 g/mol. The summed E-state index contributed by atoms with van der Waals surface area (Å²) < 4.78 is 6.97. The smallest absolute Gasteiger partial charge is 0.160 e. The first-order chi connectivity index (χ1) is 31.7. The maximum Gasteiger partial charge on any atom is 0.160 e. The number of nitrogens with zero attached hydrogens (tertiary/aromatic N) is 3. The van der Waals surface area contributed by atoms with Gasteiger partial charge in [-0.15, -0.1) is 0 Å². The first-order valence-electron chi connectivity index (χ1n) is 21.8. The van der Waals surface area contributed by atoms with Gasteiger partial charge in [-0.1, -0.05) is 194 Å². The molecular formula is C60H37N3O. The highest BCUT2D eigenvalue weighted by Gasteiger charge is 2.51. The molecule has 0 atom stereocenters. The summed E-state index contributed by atoms with van der Waals surface area (Å²) >= 11 is 0. The molecule has 2 aromatic heterocycles. The first kappa shape index (κ1) is 36.2. The first-order valence-corrected chi connectivity index (χ1v) is 21.8. The summed E-state index contributed by atoms with van der Waals surface area (Å²) in [6.45, 7) is 0. The lowest BCUT2D eigenvalue weighted by atomic mass is 9.65. The molecule has 1 aliphatic heterocycles. The van der Waals surface area contributed by atoms with Gasteiger partial charge in [0, 0.05) is 44.2 Å². The average molecular weight is 816 g/mol. The molecule has 4 nitrogen and oxygen atoms in total. The van der Waals surface area contributed by atoms with Crippen LogP contribution in [0.2, 0.25) is 0 Å². The van der Waals surface area contributed by atoms with E-state index < -0.39 is 5.41 Å². The van der Waals surface area contributed by atoms with Gasteiger partial charge in [-0.2, -0.15) is 0 Å². The summed E-state index contributed by atoms with van der Waals surface area (Å²) in [6.07, 6.45) is 0. The molecule has 0 saturated carbocycles. The largest absolute Gasteiger partial charge is 0.457 e. The van der Waals surface area contributed by atoms with Crippen molar-refractivity contribution in [2.75, 3.05) is 0 Å². The predicted molar refractivity (Wildman–Crippen MR) is 259 cm³/mol. The van der Waals surface area contributed by atoms with E-state index in [9.17, 15) is 0 Å². The minimum atomic E-state index is -0.567. The van der Waals surface area contributed by atoms with Crippen molar-refractivity contribution in [2.45, 2.75) is 5.41 Å². The van der Waals surface area contributed by atoms with Crippen LogP contribution in [0.5, 0.6) is 11.5 Å². The van der Waals surface area contributed by atoms with Crippen LogP contribution in [0.15, 0.2) is 224 Å². The van der Waals surface area contributed by atoms with Crippen molar-refractivity contribution in [1.82, 2.24) is 15.0 Å². The molecule has 0 N–H and O–H groups in total. The van der Waals surface area contributed by atoms with Crippen LogP contribution in [-0.2, 0) is 5.41 Å². The number of rotatable bonds is 5. The fourth-order valence-corrected chi connectivity index (χ4v) is 10.3. The Balaban J connectivity index is 0.970. The molecule has 0 fully saturated rings. The van der Waals surface area contributed by atoms with Gasteiger partial charge >= 0.3 is 0 Å². The molecule has 0 saturated heterocycles. The molecule has 2 aliphatic rings. The van der Waals surface area contributed by atoms with E-state index in [1.807, 2.05) is 36.4 Å². The third kappa shape index (κ3) is 5.52. The van der Waals surface area contributed by atoms with Crippen LogP contribution < -0.4 is 4.74 Å². The molecule has 1 aliphatic carbocycles. The molecule has 11 aromatic rings. The van der Waals surface area contributed by atoms with Crippen molar-refractivity contribution >= 4 is 21.7 Å². The molecule has 1 spiro atoms. The Morgan fingerprint density at radius 3 is 1.52 bits per heavy atom. The standard InChI is InChI=1S/C60H37N3O/c1-4-16-39(17-5-1)53-37-54(63-59(62-53)42-20-8-3-9-21-42)40-30-28-38(29-31-40)43-32-33-46-47-36-57-52(35-48(47)58(61-55(46)34-43)41-18-6-2-7-19-41)60(51-26-14-15-27-56(51)64-57)49-24-12-10-22-44(49)45-23-11-13-25-50(45)60/h1-37H. The van der Waals surface area contributed by atoms with E-state index >= 15 is 0 Å². The molecular weight excluding hydrogens is 779 g/mol. The van der Waals surface area contributed by atoms with E-state index in [-0.39, 0.29) is 0 Å². The third-order valence-electron chi connectivity index (χ3n) is 13.2. The van der Waals surface area contributed by atoms with Gasteiger partial charge < -0.3 is 4.74 Å². The molecule has 298 valence electrons. The molecule has 3 heterocycles. The Kier molecular flexibility index (Phi) is 8.09. The van der Waals surface area contributed by atoms with Crippen LogP contribution >= 0.6 is 0 Å². The van der Waals surface area contributed by atoms with E-state index in [0.717, 1.165) is 94.8 Å². The molecule has 64 heavy (non-hydrogen) atoms. The number of ether oxygens (including phenoxy) is 1. The van der Waals surface area contributed by atoms with Crippen LogP contribution in [0.3, 0.4) is 0 Å². The molecule has 0 amide bonds. The topological polar surface area (TPSA) is 47.9 Å². The second-order valence-corrected chi connectivity index (χ2v) is 16.7. The van der Waals surface area contributed by atoms with Crippen LogP contribution in [0, 0.1) is 0 Å². The summed E-state index contributed by atoms with van der Waals surface area (Å²) in [6, 6.07) is 79.4. The molecule has 13 rings (SSSR count). The summed E-state index contributed by atoms with van der Waals surface area (Å²) in [5, 5.41) is 3.27. The summed E-state index contributed by atoms with van der Waals surface area (Å²) in [4.78, 5) is 15.6. The highest BCUT2D eigenvalue weighted by atomic mass is 16.5. The van der Waals surface area contributed by atoms with E-state index in [0.29, 0.717) is 5.82 Å². The van der Waals surface area contributed by atoms with E-state index in [4.69, 9.17) is 19.7 Å². The zero-order chi connectivity index (χ0) is 42.2. The fourth-order valence-electron chi connectivity index (χ4n) is 10.3. The van der Waals surface area contributed by atoms with Gasteiger partial charge in [-0.3, -0.25) is 0 Å². The Labute approximate surface area is 370 Å². The molecule has 4 heteroatoms. The zero-order valence-electron chi connectivity index (χ0n) is 34.6. The van der Waals surface area contributed by atoms with Crippen molar-refractivity contribution in [2.24, 2.45) is 0 Å². The minimum Gasteiger partial charge on any atom is -0.457 e. The van der Waals surface area contributed by atoms with Gasteiger partial charge in [-0.05, 0) is 69.1 Å². The lowest BCUT2D eigenvalue weighted by molar-refractivity contribution is 0.437. The Morgan fingerprint density at radius 2 is 0.844 bits per heavy atom. The average Bonchev–Trinajstić information content (AvgIpc) is 3.66. The summed E-state index contributed by atoms with van der Waals surface area (Å²) in [5.41, 5.74) is 16.7. The van der Waals surface area contributed by atoms with Crippen LogP contribution in [0.25, 0.3) is 89.1 Å². The van der Waals surface area contributed by atoms with Crippen molar-refractivity contribution in [3.63, 3.8) is 0 Å². The van der Waals surface area contributed by atoms with E-state index in [1.54, 1.807) is 0 Å². The van der Waals surface area contributed by atoms with Crippen molar-refractivity contribution in [3.05, 3.63) is 247 Å². The fraction of sp³-hybridized carbons (Fsp3) is 0.0167. The number of hydrogen-bond donors (Lipinski definition) is 0. The second-order valence-electron chi connectivity index (χ2n) is 16.7. The Morgan fingerprint density at radius 1 is 0.312 bits per heavy atom. The SMILES string of the molecule is c1ccc(-c2cc(-c3ccc(-c4ccc5c(c4)nc(-c4ccccc4)c4cc6c(cc45)Oc4ccccc4C64c5ccccc5-c5ccccc54)cc3)nc(-c3ccccc3)n2)cc1. The normalized spacial score (nSPS) is 12.9. The highest BCUT2D eigenvalue weighted by Crippen LogP contribution is 2.62. The minimum absolute atomic E-state index is 0.567. The van der Waals surface area contributed by atoms with Gasteiger partial charge in [0.15, 0.2) is 5.82 Å². The van der Waals surface area contributed by atoms with E-state index in [2.05, 4.69) is 188 Å². The van der Waals surface area contributed by atoms with Gasteiger partial charge in [0.2, 0.25) is 0 Å². The molecule has 0 radical (unpaired) electrons. The number of aromatic nitrogens is 3. The second kappa shape index (κ2) is 14.3. The Bertz CT molecular complexity index is 3520. The van der Waals surface area contributed by atoms with E-state index in [1.165, 1.54) is 22.3 Å². The molecule has 9 aromatic carbocycles. The van der Waals surface area contributed by atoms with Gasteiger partial charge in [-0.25, -0.2) is 15.0 Å². The van der Waals surface area contributed by atoms with Gasteiger partial charge in [0.1, 0.15) is 11.5 Å². The van der Waals surface area contributed by atoms with Crippen LogP contribution in [-0.4, -0.2) is 15.0 Å². The predicted octanol–water partition coefficient (Wildman–Crippen LogP) is 15.0. The van der Waals surface area contributed by atoms with Crippen molar-refractivity contribution < 1.29 is 4.74 Å². The highest BCUT2D eigenvalue weighted by molar-refractivity contribution is 6.13. The number of fused-ring (bicyclic) bond motifs is 12. The van der Waals surface area contributed by atoms with Crippen molar-refractivity contribution in [3.8, 4) is 78.9 Å². The lowest BCUT2D eigenvalue weighted by Gasteiger charge is -2.39. The number of para-hydroxylation sites is 1. The number of hydrogen-bond acceptors (Lipinski definition) is 4. The number of pyridine rings is 1. The third-order valence-corrected chi connectivity index (χ3v) is 13.2. The molecule has 0 unspecified atom stereocenters. The van der Waals surface area contributed by atoms with Crippen LogP contribution in [0.4, 0.5) is 0 Å². The maximum absolute atomic E-state index is 6.97. The maximum atomic E-state index is 6.97. The van der Waals surface area contributed by atoms with Gasteiger partial charge in [0.05, 0.1) is 28.0 Å². The van der Waals surface area contributed by atoms with Gasteiger partial charge in [0.25, 0.3) is 0 Å². The van der Waals surface area contributed by atoms with Crippen molar-refractivity contribution in [1.29, 1.82) is 0 Å². The summed E-state index contributed by atoms with van der Waals surface area (Å²) in [7, 11) is 0. The zero-order valence-corrected chi connectivity index (χ0v) is 34.6. The van der Waals surface area contributed by atoms with Crippen LogP contribution in [0.1, 0.15) is 22.3 Å². The molecule has 0 bridgehead atoms. The Hall–Kier alpha value is -8.47. The summed E-state index contributed by atoms with van der Waals surface area (Å²) in [5.74, 6) is 2.44. The quantitative estimate of drug-likeness (QED) is 0.162. The number of benzene rings is 9.